The van der Waals surface area contributed by atoms with Gasteiger partial charge in [0, 0.05) is 40.9 Å². The lowest BCUT2D eigenvalue weighted by Crippen LogP contribution is -2.10. The summed E-state index contributed by atoms with van der Waals surface area (Å²) in [6.45, 7) is 1.01. The molecule has 122 valence electrons. The molecule has 3 heterocycles. The van der Waals surface area contributed by atoms with Crippen LogP contribution in [0.4, 0.5) is 11.5 Å². The van der Waals surface area contributed by atoms with Crippen LogP contribution in [0.3, 0.4) is 0 Å². The molecule has 24 heavy (non-hydrogen) atoms. The smallest absolute Gasteiger partial charge is 0.149 e. The molecule has 0 saturated heterocycles. The van der Waals surface area contributed by atoms with Crippen LogP contribution < -0.4 is 5.32 Å². The molecule has 1 aliphatic rings. The zero-order valence-corrected chi connectivity index (χ0v) is 14.5. The number of hydrogen-bond acceptors (Lipinski definition) is 3. The second kappa shape index (κ2) is 6.46. The minimum atomic E-state index is 0.565. The van der Waals surface area contributed by atoms with Crippen molar-refractivity contribution in [3.05, 3.63) is 58.5 Å². The number of aryl methyl sites for hydroxylation is 1. The standard InChI is InChI=1S/C18H16Cl2N4/c19-13-4-6-14(7-5-13)23-17-16(20)9-12(10-21-17)18-22-11-15-3-1-2-8-24(15)18/h4-7,9-11H,1-3,8H2,(H,21,23). The number of hydrogen-bond donors (Lipinski definition) is 1. The fourth-order valence-electron chi connectivity index (χ4n) is 2.99. The molecule has 0 spiro atoms. The molecule has 0 aliphatic carbocycles. The Morgan fingerprint density at radius 2 is 1.83 bits per heavy atom. The van der Waals surface area contributed by atoms with Crippen LogP contribution >= 0.6 is 23.2 Å². The maximum Gasteiger partial charge on any atom is 0.149 e. The number of fused-ring (bicyclic) bond motifs is 1. The molecule has 0 unspecified atom stereocenters. The molecular formula is C18H16Cl2N4. The van der Waals surface area contributed by atoms with Crippen molar-refractivity contribution in [3.8, 4) is 11.4 Å². The quantitative estimate of drug-likeness (QED) is 0.687. The fourth-order valence-corrected chi connectivity index (χ4v) is 3.33. The van der Waals surface area contributed by atoms with E-state index in [0.717, 1.165) is 30.0 Å². The van der Waals surface area contributed by atoms with Gasteiger partial charge < -0.3 is 9.88 Å². The number of benzene rings is 1. The molecular weight excluding hydrogens is 343 g/mol. The lowest BCUT2D eigenvalue weighted by molar-refractivity contribution is 0.536. The van der Waals surface area contributed by atoms with Crippen LogP contribution in [0.5, 0.6) is 0 Å². The average molecular weight is 359 g/mol. The Kier molecular flexibility index (Phi) is 4.17. The first-order valence-electron chi connectivity index (χ1n) is 7.93. The van der Waals surface area contributed by atoms with Gasteiger partial charge in [-0.05, 0) is 49.6 Å². The number of nitrogens with zero attached hydrogens (tertiary/aromatic N) is 3. The summed E-state index contributed by atoms with van der Waals surface area (Å²) in [4.78, 5) is 9.03. The maximum atomic E-state index is 6.42. The second-order valence-corrected chi connectivity index (χ2v) is 6.71. The number of halogens is 2. The molecule has 0 amide bonds. The van der Waals surface area contributed by atoms with E-state index < -0.39 is 0 Å². The third kappa shape index (κ3) is 2.99. The highest BCUT2D eigenvalue weighted by molar-refractivity contribution is 6.33. The molecule has 6 heteroatoms. The van der Waals surface area contributed by atoms with Gasteiger partial charge >= 0.3 is 0 Å². The van der Waals surface area contributed by atoms with E-state index in [4.69, 9.17) is 23.2 Å². The van der Waals surface area contributed by atoms with Crippen LogP contribution in [-0.4, -0.2) is 14.5 Å². The predicted octanol–water partition coefficient (Wildman–Crippen LogP) is 5.33. The third-order valence-electron chi connectivity index (χ3n) is 4.21. The molecule has 4 rings (SSSR count). The van der Waals surface area contributed by atoms with Crippen LogP contribution in [0.2, 0.25) is 10.0 Å². The van der Waals surface area contributed by atoms with Crippen LogP contribution in [0.1, 0.15) is 18.5 Å². The molecule has 0 fully saturated rings. The van der Waals surface area contributed by atoms with Crippen molar-refractivity contribution >= 4 is 34.7 Å². The number of imidazole rings is 1. The second-order valence-electron chi connectivity index (χ2n) is 5.87. The largest absolute Gasteiger partial charge is 0.339 e. The van der Waals surface area contributed by atoms with Crippen molar-refractivity contribution in [1.29, 1.82) is 0 Å². The first-order valence-corrected chi connectivity index (χ1v) is 8.69. The summed E-state index contributed by atoms with van der Waals surface area (Å²) >= 11 is 12.3. The molecule has 0 radical (unpaired) electrons. The monoisotopic (exact) mass is 358 g/mol. The van der Waals surface area contributed by atoms with Crippen molar-refractivity contribution in [2.24, 2.45) is 0 Å². The van der Waals surface area contributed by atoms with Crippen molar-refractivity contribution in [1.82, 2.24) is 14.5 Å². The van der Waals surface area contributed by atoms with Gasteiger partial charge in [-0.1, -0.05) is 23.2 Å². The van der Waals surface area contributed by atoms with Gasteiger partial charge in [0.05, 0.1) is 5.02 Å². The van der Waals surface area contributed by atoms with Crippen LogP contribution in [0, 0.1) is 0 Å². The molecule has 0 atom stereocenters. The maximum absolute atomic E-state index is 6.42. The molecule has 2 aromatic heterocycles. The lowest BCUT2D eigenvalue weighted by Gasteiger charge is -2.16. The number of aromatic nitrogens is 3. The van der Waals surface area contributed by atoms with Gasteiger partial charge in [0.25, 0.3) is 0 Å². The van der Waals surface area contributed by atoms with Crippen molar-refractivity contribution in [2.75, 3.05) is 5.32 Å². The van der Waals surface area contributed by atoms with Gasteiger partial charge in [-0.25, -0.2) is 9.97 Å². The Hall–Kier alpha value is -2.04. The normalized spacial score (nSPS) is 13.6. The van der Waals surface area contributed by atoms with E-state index in [-0.39, 0.29) is 0 Å². The highest BCUT2D eigenvalue weighted by Gasteiger charge is 2.16. The van der Waals surface area contributed by atoms with E-state index in [1.807, 2.05) is 42.7 Å². The van der Waals surface area contributed by atoms with E-state index >= 15 is 0 Å². The fraction of sp³-hybridized carbons (Fsp3) is 0.222. The first kappa shape index (κ1) is 15.5. The van der Waals surface area contributed by atoms with Gasteiger partial charge in [0.1, 0.15) is 11.6 Å². The Morgan fingerprint density at radius 3 is 2.62 bits per heavy atom. The van der Waals surface area contributed by atoms with Crippen LogP contribution in [0.15, 0.2) is 42.7 Å². The number of pyridine rings is 1. The van der Waals surface area contributed by atoms with E-state index in [2.05, 4.69) is 19.9 Å². The highest BCUT2D eigenvalue weighted by atomic mass is 35.5. The van der Waals surface area contributed by atoms with Gasteiger partial charge in [0.2, 0.25) is 0 Å². The van der Waals surface area contributed by atoms with Gasteiger partial charge in [-0.15, -0.1) is 0 Å². The van der Waals surface area contributed by atoms with Crippen molar-refractivity contribution in [2.45, 2.75) is 25.8 Å². The van der Waals surface area contributed by atoms with Crippen molar-refractivity contribution in [3.63, 3.8) is 0 Å². The summed E-state index contributed by atoms with van der Waals surface area (Å²) in [5.41, 5.74) is 3.12. The zero-order chi connectivity index (χ0) is 16.5. The summed E-state index contributed by atoms with van der Waals surface area (Å²) in [5.74, 6) is 1.56. The Bertz CT molecular complexity index is 871. The summed E-state index contributed by atoms with van der Waals surface area (Å²) in [6, 6.07) is 9.33. The first-order chi connectivity index (χ1) is 11.7. The lowest BCUT2D eigenvalue weighted by atomic mass is 10.1. The minimum Gasteiger partial charge on any atom is -0.339 e. The third-order valence-corrected chi connectivity index (χ3v) is 4.75. The van der Waals surface area contributed by atoms with Crippen LogP contribution in [0.25, 0.3) is 11.4 Å². The summed E-state index contributed by atoms with van der Waals surface area (Å²) in [6.07, 6.45) is 7.28. The number of rotatable bonds is 3. The molecule has 0 saturated carbocycles. The molecule has 3 aromatic rings. The molecule has 1 aromatic carbocycles. The Balaban J connectivity index is 1.62. The van der Waals surface area contributed by atoms with Gasteiger partial charge in [-0.3, -0.25) is 0 Å². The Morgan fingerprint density at radius 1 is 1.00 bits per heavy atom. The van der Waals surface area contributed by atoms with Gasteiger partial charge in [0.15, 0.2) is 0 Å². The summed E-state index contributed by atoms with van der Waals surface area (Å²) in [5, 5.41) is 4.46. The highest BCUT2D eigenvalue weighted by Crippen LogP contribution is 2.30. The number of nitrogens with one attached hydrogen (secondary N) is 1. The molecule has 1 N–H and O–H groups in total. The molecule has 4 nitrogen and oxygen atoms in total. The van der Waals surface area contributed by atoms with Crippen LogP contribution in [-0.2, 0) is 13.0 Å². The molecule has 0 bridgehead atoms. The van der Waals surface area contributed by atoms with E-state index in [1.54, 1.807) is 0 Å². The summed E-state index contributed by atoms with van der Waals surface area (Å²) in [7, 11) is 0. The molecule has 1 aliphatic heterocycles. The zero-order valence-electron chi connectivity index (χ0n) is 13.0. The number of anilines is 2. The minimum absolute atomic E-state index is 0.565. The van der Waals surface area contributed by atoms with Crippen molar-refractivity contribution < 1.29 is 0 Å². The van der Waals surface area contributed by atoms with Gasteiger partial charge in [-0.2, -0.15) is 0 Å². The SMILES string of the molecule is Clc1ccc(Nc2ncc(-c3ncc4n3CCCC4)cc2Cl)cc1. The summed E-state index contributed by atoms with van der Waals surface area (Å²) < 4.78 is 2.27. The van der Waals surface area contributed by atoms with E-state index in [9.17, 15) is 0 Å². The predicted molar refractivity (Wildman–Crippen MR) is 98.1 cm³/mol. The van der Waals surface area contributed by atoms with E-state index in [1.165, 1.54) is 18.5 Å². The topological polar surface area (TPSA) is 42.7 Å². The average Bonchev–Trinajstić information content (AvgIpc) is 3.03. The van der Waals surface area contributed by atoms with E-state index in [0.29, 0.717) is 15.9 Å². The Labute approximate surface area is 150 Å².